The molecular weight excluding hydrogens is 306 g/mol. The number of halogens is 4. The van der Waals surface area contributed by atoms with Crippen LogP contribution in [-0.2, 0) is 6.18 Å². The van der Waals surface area contributed by atoms with E-state index in [2.05, 4.69) is 12.2 Å². The summed E-state index contributed by atoms with van der Waals surface area (Å²) in [4.78, 5) is -0.351. The van der Waals surface area contributed by atoms with E-state index in [0.29, 0.717) is 0 Å². The van der Waals surface area contributed by atoms with Crippen molar-refractivity contribution in [2.45, 2.75) is 6.18 Å². The fraction of sp³-hybridized carbons (Fsp3) is 0.0714. The van der Waals surface area contributed by atoms with Crippen LogP contribution in [0.3, 0.4) is 0 Å². The number of ether oxygens (including phenoxy) is 1. The Kier molecular flexibility index (Phi) is 4.13. The van der Waals surface area contributed by atoms with E-state index in [1.807, 2.05) is 0 Å². The highest BCUT2D eigenvalue weighted by molar-refractivity contribution is 7.80. The molecule has 21 heavy (non-hydrogen) atoms. The van der Waals surface area contributed by atoms with E-state index in [1.54, 1.807) is 0 Å². The maximum atomic E-state index is 13.0. The van der Waals surface area contributed by atoms with Gasteiger partial charge < -0.3 is 10.5 Å². The molecular formula is C14H9F4NOS. The van der Waals surface area contributed by atoms with Crippen LogP contribution in [-0.4, -0.2) is 4.99 Å². The number of nitrogens with two attached hydrogens (primary N) is 1. The van der Waals surface area contributed by atoms with E-state index in [9.17, 15) is 17.6 Å². The fourth-order valence-electron chi connectivity index (χ4n) is 1.67. The summed E-state index contributed by atoms with van der Waals surface area (Å²) >= 11 is 4.60. The number of hydrogen-bond donors (Lipinski definition) is 1. The van der Waals surface area contributed by atoms with Crippen LogP contribution in [0.15, 0.2) is 42.5 Å². The summed E-state index contributed by atoms with van der Waals surface area (Å²) in [6, 6.07) is 8.16. The first-order valence-corrected chi connectivity index (χ1v) is 6.12. The molecule has 0 aromatic heterocycles. The second-order valence-corrected chi connectivity index (χ2v) is 4.57. The normalized spacial score (nSPS) is 11.2. The minimum atomic E-state index is -4.61. The highest BCUT2D eigenvalue weighted by Crippen LogP contribution is 2.35. The first-order chi connectivity index (χ1) is 9.77. The third-order valence-corrected chi connectivity index (χ3v) is 2.83. The molecule has 7 heteroatoms. The average molecular weight is 315 g/mol. The van der Waals surface area contributed by atoms with Gasteiger partial charge in [0.15, 0.2) is 0 Å². The van der Waals surface area contributed by atoms with Crippen LogP contribution < -0.4 is 10.5 Å². The maximum absolute atomic E-state index is 13.0. The molecule has 0 heterocycles. The molecule has 0 amide bonds. The Morgan fingerprint density at radius 2 is 1.57 bits per heavy atom. The smallest absolute Gasteiger partial charge is 0.417 e. The summed E-state index contributed by atoms with van der Waals surface area (Å²) in [7, 11) is 0. The number of alkyl halides is 3. The van der Waals surface area contributed by atoms with Crippen molar-refractivity contribution >= 4 is 17.2 Å². The van der Waals surface area contributed by atoms with Gasteiger partial charge in [-0.15, -0.1) is 0 Å². The lowest BCUT2D eigenvalue weighted by Crippen LogP contribution is -2.17. The Morgan fingerprint density at radius 3 is 2.10 bits per heavy atom. The standard InChI is InChI=1S/C14H9F4NOS/c15-8-1-3-9(4-2-8)20-10-5-6-11(13(19)21)12(7-10)14(16,17)18/h1-7H,(H2,19,21). The van der Waals surface area contributed by atoms with Crippen molar-refractivity contribution in [1.29, 1.82) is 0 Å². The minimum absolute atomic E-state index is 0.0473. The first-order valence-electron chi connectivity index (χ1n) is 5.72. The van der Waals surface area contributed by atoms with E-state index in [1.165, 1.54) is 18.2 Å². The molecule has 0 spiro atoms. The number of benzene rings is 2. The van der Waals surface area contributed by atoms with E-state index in [0.717, 1.165) is 24.3 Å². The number of thiocarbonyl (C=S) groups is 1. The van der Waals surface area contributed by atoms with E-state index in [4.69, 9.17) is 10.5 Å². The van der Waals surface area contributed by atoms with E-state index in [-0.39, 0.29) is 22.1 Å². The van der Waals surface area contributed by atoms with Crippen LogP contribution in [0.2, 0.25) is 0 Å². The lowest BCUT2D eigenvalue weighted by Gasteiger charge is -2.14. The van der Waals surface area contributed by atoms with Gasteiger partial charge in [-0.2, -0.15) is 13.2 Å². The third-order valence-electron chi connectivity index (χ3n) is 2.61. The SMILES string of the molecule is NC(=S)c1ccc(Oc2ccc(F)cc2)cc1C(F)(F)F. The second kappa shape index (κ2) is 5.69. The van der Waals surface area contributed by atoms with Crippen molar-refractivity contribution in [1.82, 2.24) is 0 Å². The van der Waals surface area contributed by atoms with Crippen molar-refractivity contribution in [2.75, 3.05) is 0 Å². The quantitative estimate of drug-likeness (QED) is 0.678. The Balaban J connectivity index is 2.38. The molecule has 0 aliphatic rings. The summed E-state index contributed by atoms with van der Waals surface area (Å²) in [6.07, 6.45) is -4.61. The Bertz CT molecular complexity index is 668. The van der Waals surface area contributed by atoms with Gasteiger partial charge in [-0.1, -0.05) is 12.2 Å². The Morgan fingerprint density at radius 1 is 1.00 bits per heavy atom. The van der Waals surface area contributed by atoms with Crippen molar-refractivity contribution in [3.63, 3.8) is 0 Å². The minimum Gasteiger partial charge on any atom is -0.457 e. The molecule has 110 valence electrons. The van der Waals surface area contributed by atoms with Crippen LogP contribution in [0.5, 0.6) is 11.5 Å². The summed E-state index contributed by atoms with van der Waals surface area (Å²) in [5.74, 6) is -0.302. The van der Waals surface area contributed by atoms with Crippen LogP contribution >= 0.6 is 12.2 Å². The van der Waals surface area contributed by atoms with Gasteiger partial charge >= 0.3 is 6.18 Å². The first kappa shape index (κ1) is 15.2. The maximum Gasteiger partial charge on any atom is 0.417 e. The fourth-order valence-corrected chi connectivity index (χ4v) is 1.85. The lowest BCUT2D eigenvalue weighted by atomic mass is 10.1. The van der Waals surface area contributed by atoms with Crippen LogP contribution in [0.1, 0.15) is 11.1 Å². The largest absolute Gasteiger partial charge is 0.457 e. The number of hydrogen-bond acceptors (Lipinski definition) is 2. The highest BCUT2D eigenvalue weighted by Gasteiger charge is 2.34. The van der Waals surface area contributed by atoms with Crippen LogP contribution in [0.25, 0.3) is 0 Å². The molecule has 0 aliphatic heterocycles. The average Bonchev–Trinajstić information content (AvgIpc) is 2.40. The van der Waals surface area contributed by atoms with Gasteiger partial charge in [0.2, 0.25) is 0 Å². The van der Waals surface area contributed by atoms with E-state index < -0.39 is 17.6 Å². The monoisotopic (exact) mass is 315 g/mol. The predicted molar refractivity (Wildman–Crippen MR) is 73.8 cm³/mol. The molecule has 0 saturated carbocycles. The Hall–Kier alpha value is -2.15. The molecule has 2 aromatic carbocycles. The zero-order valence-electron chi connectivity index (χ0n) is 10.4. The molecule has 0 bridgehead atoms. The third kappa shape index (κ3) is 3.69. The molecule has 2 N–H and O–H groups in total. The lowest BCUT2D eigenvalue weighted by molar-refractivity contribution is -0.137. The molecule has 2 aromatic rings. The molecule has 0 radical (unpaired) electrons. The van der Waals surface area contributed by atoms with E-state index >= 15 is 0 Å². The molecule has 0 aliphatic carbocycles. The summed E-state index contributed by atoms with van der Waals surface area (Å²) in [5, 5.41) is 0. The molecule has 0 fully saturated rings. The second-order valence-electron chi connectivity index (χ2n) is 4.13. The molecule has 2 rings (SSSR count). The molecule has 2 nitrogen and oxygen atoms in total. The molecule has 0 atom stereocenters. The van der Waals surface area contributed by atoms with Gasteiger partial charge in [-0.3, -0.25) is 0 Å². The van der Waals surface area contributed by atoms with Gasteiger partial charge in [-0.25, -0.2) is 4.39 Å². The van der Waals surface area contributed by atoms with Crippen molar-refractivity contribution in [2.24, 2.45) is 5.73 Å². The predicted octanol–water partition coefficient (Wildman–Crippen LogP) is 4.27. The van der Waals surface area contributed by atoms with Gasteiger partial charge in [0.25, 0.3) is 0 Å². The van der Waals surface area contributed by atoms with Gasteiger partial charge in [0.1, 0.15) is 22.3 Å². The molecule has 0 unspecified atom stereocenters. The zero-order valence-corrected chi connectivity index (χ0v) is 11.3. The highest BCUT2D eigenvalue weighted by atomic mass is 32.1. The summed E-state index contributed by atoms with van der Waals surface area (Å²) < 4.78 is 56.9. The van der Waals surface area contributed by atoms with Crippen molar-refractivity contribution in [3.05, 3.63) is 59.4 Å². The van der Waals surface area contributed by atoms with Gasteiger partial charge in [0, 0.05) is 5.56 Å². The molecule has 0 saturated heterocycles. The van der Waals surface area contributed by atoms with Gasteiger partial charge in [-0.05, 0) is 42.5 Å². The number of rotatable bonds is 3. The topological polar surface area (TPSA) is 35.2 Å². The van der Waals surface area contributed by atoms with Gasteiger partial charge in [0.05, 0.1) is 5.56 Å². The summed E-state index contributed by atoms with van der Waals surface area (Å²) in [5.41, 5.74) is 4.03. The van der Waals surface area contributed by atoms with Crippen LogP contribution in [0.4, 0.5) is 17.6 Å². The van der Waals surface area contributed by atoms with Crippen molar-refractivity contribution < 1.29 is 22.3 Å². The summed E-state index contributed by atoms with van der Waals surface area (Å²) in [6.45, 7) is 0. The van der Waals surface area contributed by atoms with Crippen LogP contribution in [0, 0.1) is 5.82 Å². The van der Waals surface area contributed by atoms with Crippen molar-refractivity contribution in [3.8, 4) is 11.5 Å². The zero-order chi connectivity index (χ0) is 15.6. The Labute approximate surface area is 123 Å².